The Balaban J connectivity index is 3.13. The Morgan fingerprint density at radius 1 is 1.27 bits per heavy atom. The third-order valence-corrected chi connectivity index (χ3v) is 2.09. The van der Waals surface area contributed by atoms with E-state index in [2.05, 4.69) is 4.74 Å². The summed E-state index contributed by atoms with van der Waals surface area (Å²) in [6, 6.07) is 6.90. The van der Waals surface area contributed by atoms with E-state index in [0.29, 0.717) is 11.3 Å². The Bertz CT molecular complexity index is 387. The van der Waals surface area contributed by atoms with Crippen molar-refractivity contribution in [3.05, 3.63) is 29.8 Å². The molecule has 0 aromatic heterocycles. The van der Waals surface area contributed by atoms with Gasteiger partial charge in [-0.05, 0) is 19.1 Å². The molecule has 0 spiro atoms. The van der Waals surface area contributed by atoms with E-state index in [1.807, 2.05) is 0 Å². The molecule has 0 N–H and O–H groups in total. The van der Waals surface area contributed by atoms with Crippen LogP contribution in [0.25, 0.3) is 0 Å². The summed E-state index contributed by atoms with van der Waals surface area (Å²) in [6.45, 7) is 1.46. The number of amides is 1. The molecule has 80 valence electrons. The van der Waals surface area contributed by atoms with Crippen LogP contribution in [0.2, 0.25) is 0 Å². The molecule has 0 bridgehead atoms. The van der Waals surface area contributed by atoms with Crippen molar-refractivity contribution in [3.63, 3.8) is 0 Å². The minimum Gasteiger partial charge on any atom is -0.452 e. The zero-order valence-corrected chi connectivity index (χ0v) is 8.98. The van der Waals surface area contributed by atoms with Crippen molar-refractivity contribution in [2.45, 2.75) is 6.92 Å². The lowest BCUT2D eigenvalue weighted by Gasteiger charge is -2.17. The third-order valence-electron chi connectivity index (χ3n) is 2.09. The van der Waals surface area contributed by atoms with Crippen LogP contribution in [0, 0.1) is 0 Å². The number of rotatable bonds is 2. The van der Waals surface area contributed by atoms with Crippen molar-refractivity contribution in [2.75, 3.05) is 19.1 Å². The Morgan fingerprint density at radius 3 is 2.40 bits per heavy atom. The number of para-hydroxylation sites is 1. The number of hydrogen-bond acceptors (Lipinski definition) is 3. The molecule has 15 heavy (non-hydrogen) atoms. The van der Waals surface area contributed by atoms with E-state index in [-0.39, 0.29) is 5.78 Å². The summed E-state index contributed by atoms with van der Waals surface area (Å²) in [5.41, 5.74) is 1.06. The highest BCUT2D eigenvalue weighted by Gasteiger charge is 2.15. The van der Waals surface area contributed by atoms with Crippen LogP contribution in [0.4, 0.5) is 10.5 Å². The highest BCUT2D eigenvalue weighted by molar-refractivity contribution is 6.03. The van der Waals surface area contributed by atoms with Crippen LogP contribution < -0.4 is 4.90 Å². The molecule has 1 aromatic rings. The first-order chi connectivity index (χ1) is 7.07. The lowest BCUT2D eigenvalue weighted by atomic mass is 10.1. The lowest BCUT2D eigenvalue weighted by molar-refractivity contribution is 0.101. The molecule has 0 saturated heterocycles. The first-order valence-electron chi connectivity index (χ1n) is 4.49. The molecular weight excluding hydrogens is 194 g/mol. The summed E-state index contributed by atoms with van der Waals surface area (Å²) < 4.78 is 4.58. The molecule has 1 rings (SSSR count). The van der Waals surface area contributed by atoms with E-state index in [4.69, 9.17) is 0 Å². The van der Waals surface area contributed by atoms with Gasteiger partial charge in [0, 0.05) is 12.6 Å². The van der Waals surface area contributed by atoms with E-state index >= 15 is 0 Å². The van der Waals surface area contributed by atoms with Crippen LogP contribution in [0.3, 0.4) is 0 Å². The summed E-state index contributed by atoms with van der Waals surface area (Å²) in [7, 11) is 2.86. The quantitative estimate of drug-likeness (QED) is 0.697. The van der Waals surface area contributed by atoms with Gasteiger partial charge in [0.2, 0.25) is 0 Å². The summed E-state index contributed by atoms with van der Waals surface area (Å²) >= 11 is 0. The predicted octanol–water partition coefficient (Wildman–Crippen LogP) is 2.09. The van der Waals surface area contributed by atoms with E-state index in [9.17, 15) is 9.59 Å². The molecule has 0 aliphatic heterocycles. The summed E-state index contributed by atoms with van der Waals surface area (Å²) in [5, 5.41) is 0. The summed E-state index contributed by atoms with van der Waals surface area (Å²) in [6.07, 6.45) is -0.497. The third kappa shape index (κ3) is 2.34. The second kappa shape index (κ2) is 4.59. The number of nitrogens with zero attached hydrogens (tertiary/aromatic N) is 1. The molecule has 0 radical (unpaired) electrons. The lowest BCUT2D eigenvalue weighted by Crippen LogP contribution is -2.27. The van der Waals surface area contributed by atoms with Gasteiger partial charge in [-0.15, -0.1) is 0 Å². The van der Waals surface area contributed by atoms with Gasteiger partial charge >= 0.3 is 6.09 Å². The number of ketones is 1. The largest absolute Gasteiger partial charge is 0.452 e. The first kappa shape index (κ1) is 11.2. The van der Waals surface area contributed by atoms with Gasteiger partial charge < -0.3 is 4.74 Å². The molecular formula is C11H13NO3. The number of Topliss-reactive ketones (excluding diaryl/α,β-unsaturated/α-hetero) is 1. The highest BCUT2D eigenvalue weighted by atomic mass is 16.5. The van der Waals surface area contributed by atoms with Gasteiger partial charge in [0.1, 0.15) is 0 Å². The number of ether oxygens (including phenoxy) is 1. The average Bonchev–Trinajstić information content (AvgIpc) is 2.27. The second-order valence-electron chi connectivity index (χ2n) is 3.10. The van der Waals surface area contributed by atoms with E-state index < -0.39 is 6.09 Å². The fourth-order valence-corrected chi connectivity index (χ4v) is 1.30. The van der Waals surface area contributed by atoms with Gasteiger partial charge in [-0.3, -0.25) is 9.69 Å². The van der Waals surface area contributed by atoms with Crippen molar-refractivity contribution >= 4 is 17.6 Å². The van der Waals surface area contributed by atoms with Crippen LogP contribution in [0.15, 0.2) is 24.3 Å². The van der Waals surface area contributed by atoms with E-state index in [1.54, 1.807) is 31.3 Å². The van der Waals surface area contributed by atoms with Crippen LogP contribution in [-0.2, 0) is 4.74 Å². The normalized spacial score (nSPS) is 9.53. The van der Waals surface area contributed by atoms with E-state index in [0.717, 1.165) is 0 Å². The van der Waals surface area contributed by atoms with Crippen LogP contribution in [0.5, 0.6) is 0 Å². The van der Waals surface area contributed by atoms with Crippen molar-refractivity contribution in [1.82, 2.24) is 0 Å². The fourth-order valence-electron chi connectivity index (χ4n) is 1.30. The van der Waals surface area contributed by atoms with Gasteiger partial charge in [0.15, 0.2) is 5.78 Å². The van der Waals surface area contributed by atoms with Crippen molar-refractivity contribution in [1.29, 1.82) is 0 Å². The smallest absolute Gasteiger partial charge is 0.413 e. The average molecular weight is 207 g/mol. The zero-order chi connectivity index (χ0) is 11.4. The number of anilines is 1. The molecule has 1 amide bonds. The molecule has 0 atom stereocenters. The maximum absolute atomic E-state index is 11.3. The van der Waals surface area contributed by atoms with Crippen LogP contribution >= 0.6 is 0 Å². The summed E-state index contributed by atoms with van der Waals surface area (Å²) in [4.78, 5) is 23.9. The maximum Gasteiger partial charge on any atom is 0.413 e. The van der Waals surface area contributed by atoms with Crippen molar-refractivity contribution in [2.24, 2.45) is 0 Å². The second-order valence-corrected chi connectivity index (χ2v) is 3.10. The topological polar surface area (TPSA) is 46.6 Å². The van der Waals surface area contributed by atoms with Gasteiger partial charge in [-0.25, -0.2) is 4.79 Å². The van der Waals surface area contributed by atoms with Crippen molar-refractivity contribution < 1.29 is 14.3 Å². The van der Waals surface area contributed by atoms with Gasteiger partial charge in [0.25, 0.3) is 0 Å². The standard InChI is InChI=1S/C11H13NO3/c1-8(13)9-6-4-5-7-10(9)12(2)11(14)15-3/h4-7H,1-3H3. The molecule has 0 saturated carbocycles. The summed E-state index contributed by atoms with van der Waals surface area (Å²) in [5.74, 6) is -0.0821. The Labute approximate surface area is 88.5 Å². The molecule has 4 nitrogen and oxygen atoms in total. The van der Waals surface area contributed by atoms with Gasteiger partial charge in [-0.1, -0.05) is 12.1 Å². The molecule has 0 fully saturated rings. The SMILES string of the molecule is COC(=O)N(C)c1ccccc1C(C)=O. The van der Waals surface area contributed by atoms with Gasteiger partial charge in [0.05, 0.1) is 12.8 Å². The molecule has 4 heteroatoms. The van der Waals surface area contributed by atoms with Crippen LogP contribution in [0.1, 0.15) is 17.3 Å². The highest BCUT2D eigenvalue weighted by Crippen LogP contribution is 2.19. The fraction of sp³-hybridized carbons (Fsp3) is 0.273. The minimum absolute atomic E-state index is 0.0821. The van der Waals surface area contributed by atoms with Crippen molar-refractivity contribution in [3.8, 4) is 0 Å². The monoisotopic (exact) mass is 207 g/mol. The maximum atomic E-state index is 11.3. The van der Waals surface area contributed by atoms with Gasteiger partial charge in [-0.2, -0.15) is 0 Å². The minimum atomic E-state index is -0.497. The molecule has 0 heterocycles. The van der Waals surface area contributed by atoms with Crippen LogP contribution in [-0.4, -0.2) is 26.0 Å². The van der Waals surface area contributed by atoms with E-state index in [1.165, 1.54) is 18.9 Å². The Morgan fingerprint density at radius 2 is 1.87 bits per heavy atom. The Kier molecular flexibility index (Phi) is 3.44. The number of hydrogen-bond donors (Lipinski definition) is 0. The number of methoxy groups -OCH3 is 1. The number of carbonyl (C=O) groups excluding carboxylic acids is 2. The Hall–Kier alpha value is -1.84. The molecule has 0 unspecified atom stereocenters. The molecule has 0 aliphatic carbocycles. The number of benzene rings is 1. The zero-order valence-electron chi connectivity index (χ0n) is 8.98. The number of carbonyl (C=O) groups is 2. The molecule has 0 aliphatic rings. The molecule has 1 aromatic carbocycles. The first-order valence-corrected chi connectivity index (χ1v) is 4.49. The predicted molar refractivity (Wildman–Crippen MR) is 57.3 cm³/mol.